The molecule has 3 heteroatoms. The highest BCUT2D eigenvalue weighted by Crippen LogP contribution is 2.52. The van der Waals surface area contributed by atoms with E-state index >= 15 is 0 Å². The maximum atomic E-state index is 5.97. The van der Waals surface area contributed by atoms with Gasteiger partial charge in [-0.25, -0.2) is 0 Å². The van der Waals surface area contributed by atoms with Crippen molar-refractivity contribution in [2.75, 3.05) is 13.2 Å². The van der Waals surface area contributed by atoms with Crippen molar-refractivity contribution in [3.8, 4) is 11.1 Å². The van der Waals surface area contributed by atoms with Gasteiger partial charge in [0.15, 0.2) is 0 Å². The van der Waals surface area contributed by atoms with Crippen LogP contribution in [-0.2, 0) is 15.3 Å². The summed E-state index contributed by atoms with van der Waals surface area (Å²) in [6, 6.07) is 14.6. The molecule has 0 atom stereocenters. The number of hydrogen-bond donors (Lipinski definition) is 0. The molecule has 1 saturated heterocycles. The van der Waals surface area contributed by atoms with Gasteiger partial charge in [0, 0.05) is 15.6 Å². The van der Waals surface area contributed by atoms with Crippen LogP contribution in [0.3, 0.4) is 0 Å². The molecule has 18 heavy (non-hydrogen) atoms. The topological polar surface area (TPSA) is 18.5 Å². The predicted octanol–water partition coefficient (Wildman–Crippen LogP) is 3.68. The highest BCUT2D eigenvalue weighted by Gasteiger charge is 2.48. The predicted molar refractivity (Wildman–Crippen MR) is 72.3 cm³/mol. The molecule has 0 N–H and O–H groups in total. The molecule has 1 aliphatic carbocycles. The SMILES string of the molecule is Brc1ccc2c(c1)C1(OCCO1)c1ccccc1-2. The summed E-state index contributed by atoms with van der Waals surface area (Å²) in [7, 11) is 0. The summed E-state index contributed by atoms with van der Waals surface area (Å²) >= 11 is 3.53. The number of rotatable bonds is 0. The van der Waals surface area contributed by atoms with Crippen LogP contribution in [0.4, 0.5) is 0 Å². The van der Waals surface area contributed by atoms with Crippen LogP contribution in [0.15, 0.2) is 46.9 Å². The van der Waals surface area contributed by atoms with Crippen LogP contribution in [0, 0.1) is 0 Å². The molecule has 0 bridgehead atoms. The molecule has 1 heterocycles. The first-order valence-corrected chi connectivity index (χ1v) is 6.78. The summed E-state index contributed by atoms with van der Waals surface area (Å²) in [4.78, 5) is 0. The van der Waals surface area contributed by atoms with Crippen molar-refractivity contribution in [1.29, 1.82) is 0 Å². The lowest BCUT2D eigenvalue weighted by Crippen LogP contribution is -2.25. The maximum absolute atomic E-state index is 5.97. The van der Waals surface area contributed by atoms with E-state index in [1.807, 2.05) is 6.07 Å². The molecule has 2 aromatic carbocycles. The molecule has 0 amide bonds. The van der Waals surface area contributed by atoms with Gasteiger partial charge in [-0.15, -0.1) is 0 Å². The van der Waals surface area contributed by atoms with Crippen LogP contribution in [0.5, 0.6) is 0 Å². The van der Waals surface area contributed by atoms with Gasteiger partial charge < -0.3 is 9.47 Å². The van der Waals surface area contributed by atoms with Crippen LogP contribution in [0.1, 0.15) is 11.1 Å². The fourth-order valence-electron chi connectivity index (χ4n) is 2.90. The number of ether oxygens (including phenoxy) is 2. The van der Waals surface area contributed by atoms with Gasteiger partial charge >= 0.3 is 0 Å². The molecule has 2 aromatic rings. The molecular weight excluding hydrogens is 292 g/mol. The Kier molecular flexibility index (Phi) is 2.19. The van der Waals surface area contributed by atoms with E-state index in [9.17, 15) is 0 Å². The molecule has 0 aromatic heterocycles. The van der Waals surface area contributed by atoms with Crippen LogP contribution in [-0.4, -0.2) is 13.2 Å². The summed E-state index contributed by atoms with van der Waals surface area (Å²) < 4.78 is 13.0. The van der Waals surface area contributed by atoms with Crippen molar-refractivity contribution < 1.29 is 9.47 Å². The minimum atomic E-state index is -0.685. The van der Waals surface area contributed by atoms with E-state index in [0.717, 1.165) is 15.6 Å². The normalized spacial score (nSPS) is 18.9. The average molecular weight is 303 g/mol. The molecule has 0 saturated carbocycles. The fourth-order valence-corrected chi connectivity index (χ4v) is 3.26. The first kappa shape index (κ1) is 10.7. The molecule has 0 radical (unpaired) electrons. The van der Waals surface area contributed by atoms with Gasteiger partial charge in [-0.2, -0.15) is 0 Å². The summed E-state index contributed by atoms with van der Waals surface area (Å²) in [5.74, 6) is -0.685. The Morgan fingerprint density at radius 3 is 2.44 bits per heavy atom. The Morgan fingerprint density at radius 1 is 0.889 bits per heavy atom. The minimum absolute atomic E-state index is 0.639. The molecule has 0 unspecified atom stereocenters. The Morgan fingerprint density at radius 2 is 1.61 bits per heavy atom. The highest BCUT2D eigenvalue weighted by molar-refractivity contribution is 9.10. The third-order valence-electron chi connectivity index (χ3n) is 3.60. The Labute approximate surface area is 114 Å². The summed E-state index contributed by atoms with van der Waals surface area (Å²) in [6.07, 6.45) is 0. The number of hydrogen-bond acceptors (Lipinski definition) is 2. The highest BCUT2D eigenvalue weighted by atomic mass is 79.9. The zero-order valence-electron chi connectivity index (χ0n) is 9.65. The summed E-state index contributed by atoms with van der Waals surface area (Å²) in [6.45, 7) is 1.28. The first-order valence-electron chi connectivity index (χ1n) is 5.99. The van der Waals surface area contributed by atoms with Crippen molar-refractivity contribution in [2.24, 2.45) is 0 Å². The molecule has 90 valence electrons. The zero-order chi connectivity index (χ0) is 12.2. The Balaban J connectivity index is 2.08. The number of fused-ring (bicyclic) bond motifs is 5. The molecule has 1 spiro atoms. The van der Waals surface area contributed by atoms with Crippen molar-refractivity contribution in [3.63, 3.8) is 0 Å². The Bertz CT molecular complexity index is 630. The second-order valence-corrected chi connectivity index (χ2v) is 5.46. The van der Waals surface area contributed by atoms with Crippen molar-refractivity contribution in [2.45, 2.75) is 5.79 Å². The molecule has 2 nitrogen and oxygen atoms in total. The molecule has 1 aliphatic heterocycles. The van der Waals surface area contributed by atoms with Crippen LogP contribution >= 0.6 is 15.9 Å². The fraction of sp³-hybridized carbons (Fsp3) is 0.200. The van der Waals surface area contributed by atoms with E-state index in [-0.39, 0.29) is 0 Å². The van der Waals surface area contributed by atoms with E-state index in [2.05, 4.69) is 52.3 Å². The second-order valence-electron chi connectivity index (χ2n) is 4.55. The van der Waals surface area contributed by atoms with Crippen LogP contribution in [0.2, 0.25) is 0 Å². The second kappa shape index (κ2) is 3.67. The quantitative estimate of drug-likeness (QED) is 0.739. The van der Waals surface area contributed by atoms with Gasteiger partial charge in [-0.3, -0.25) is 0 Å². The van der Waals surface area contributed by atoms with E-state index in [1.54, 1.807) is 0 Å². The van der Waals surface area contributed by atoms with Gasteiger partial charge in [-0.1, -0.05) is 46.3 Å². The molecular formula is C15H11BrO2. The van der Waals surface area contributed by atoms with Gasteiger partial charge in [-0.05, 0) is 23.3 Å². The van der Waals surface area contributed by atoms with Crippen molar-refractivity contribution >= 4 is 15.9 Å². The van der Waals surface area contributed by atoms with E-state index in [1.165, 1.54) is 11.1 Å². The van der Waals surface area contributed by atoms with Gasteiger partial charge in [0.2, 0.25) is 5.79 Å². The molecule has 4 rings (SSSR count). The van der Waals surface area contributed by atoms with E-state index in [0.29, 0.717) is 13.2 Å². The molecule has 2 aliphatic rings. The lowest BCUT2D eigenvalue weighted by atomic mass is 10.0. The zero-order valence-corrected chi connectivity index (χ0v) is 11.2. The van der Waals surface area contributed by atoms with Crippen molar-refractivity contribution in [3.05, 3.63) is 58.1 Å². The summed E-state index contributed by atoms with van der Waals surface area (Å²) in [5, 5.41) is 0. The minimum Gasteiger partial charge on any atom is -0.340 e. The van der Waals surface area contributed by atoms with Gasteiger partial charge in [0.05, 0.1) is 13.2 Å². The lowest BCUT2D eigenvalue weighted by Gasteiger charge is -2.24. The lowest BCUT2D eigenvalue weighted by molar-refractivity contribution is -0.126. The van der Waals surface area contributed by atoms with Gasteiger partial charge in [0.1, 0.15) is 0 Å². The van der Waals surface area contributed by atoms with E-state index < -0.39 is 5.79 Å². The standard InChI is InChI=1S/C15H11BrO2/c16-10-5-6-12-11-3-1-2-4-13(11)15(14(12)9-10)17-7-8-18-15/h1-6,9H,7-8H2. The van der Waals surface area contributed by atoms with E-state index in [4.69, 9.17) is 9.47 Å². The maximum Gasteiger partial charge on any atom is 0.223 e. The molecule has 1 fully saturated rings. The average Bonchev–Trinajstić information content (AvgIpc) is 2.98. The number of halogens is 1. The monoisotopic (exact) mass is 302 g/mol. The Hall–Kier alpha value is -1.16. The number of benzene rings is 2. The van der Waals surface area contributed by atoms with Crippen molar-refractivity contribution in [1.82, 2.24) is 0 Å². The summed E-state index contributed by atoms with van der Waals surface area (Å²) in [5.41, 5.74) is 4.64. The van der Waals surface area contributed by atoms with Crippen LogP contribution in [0.25, 0.3) is 11.1 Å². The van der Waals surface area contributed by atoms with Gasteiger partial charge in [0.25, 0.3) is 0 Å². The van der Waals surface area contributed by atoms with Crippen LogP contribution < -0.4 is 0 Å². The largest absolute Gasteiger partial charge is 0.340 e. The third-order valence-corrected chi connectivity index (χ3v) is 4.10. The smallest absolute Gasteiger partial charge is 0.223 e. The third kappa shape index (κ3) is 1.24. The first-order chi connectivity index (χ1) is 8.81.